The molecule has 0 saturated carbocycles. The van der Waals surface area contributed by atoms with E-state index in [1.54, 1.807) is 31.7 Å². The Labute approximate surface area is 233 Å². The molecule has 38 heavy (non-hydrogen) atoms. The zero-order valence-corrected chi connectivity index (χ0v) is 23.4. The molecule has 8 nitrogen and oxygen atoms in total. The molecule has 0 spiro atoms. The fraction of sp³-hybridized carbons (Fsp3) is 0.357. The highest BCUT2D eigenvalue weighted by atomic mass is 32.2. The van der Waals surface area contributed by atoms with Crippen LogP contribution in [-0.4, -0.2) is 29.4 Å². The summed E-state index contributed by atoms with van der Waals surface area (Å²) in [6, 6.07) is 25.2. The van der Waals surface area contributed by atoms with E-state index in [-0.39, 0.29) is 0 Å². The Bertz CT molecular complexity index is 1140. The van der Waals surface area contributed by atoms with E-state index in [0.29, 0.717) is 11.5 Å². The largest absolute Gasteiger partial charge is 0.369 e. The fourth-order valence-corrected chi connectivity index (χ4v) is 4.57. The van der Waals surface area contributed by atoms with Gasteiger partial charge in [-0.25, -0.2) is 6.57 Å². The molecule has 2 rings (SSSR count). The van der Waals surface area contributed by atoms with Crippen LogP contribution in [0.25, 0.3) is 4.85 Å². The van der Waals surface area contributed by atoms with Crippen LogP contribution in [0.1, 0.15) is 31.9 Å². The number of benzene rings is 2. The maximum Gasteiger partial charge on any atom is 0.304 e. The number of hydrogen-bond acceptors (Lipinski definition) is 7. The molecule has 1 unspecified atom stereocenters. The van der Waals surface area contributed by atoms with Crippen molar-refractivity contribution in [1.29, 1.82) is 15.8 Å². The Morgan fingerprint density at radius 3 is 1.55 bits per heavy atom. The lowest BCUT2D eigenvalue weighted by atomic mass is 9.92. The first-order chi connectivity index (χ1) is 18.0. The first-order valence-corrected chi connectivity index (χ1v) is 13.7. The minimum atomic E-state index is -1.28. The summed E-state index contributed by atoms with van der Waals surface area (Å²) in [6.45, 7) is 10.9. The molecule has 0 bridgehead atoms. The van der Waals surface area contributed by atoms with Gasteiger partial charge in [0.05, 0.1) is 12.1 Å². The summed E-state index contributed by atoms with van der Waals surface area (Å²) in [4.78, 5) is 25.3. The number of carbonyl (C=O) groups is 2. The average Bonchev–Trinajstić information content (AvgIpc) is 2.94. The van der Waals surface area contributed by atoms with Crippen LogP contribution in [0.5, 0.6) is 0 Å². The van der Waals surface area contributed by atoms with Gasteiger partial charge in [-0.3, -0.25) is 14.4 Å². The second-order valence-electron chi connectivity index (χ2n) is 8.51. The molecule has 198 valence electrons. The lowest BCUT2D eigenvalue weighted by Crippen LogP contribution is -2.47. The van der Waals surface area contributed by atoms with Gasteiger partial charge in [0.2, 0.25) is 11.8 Å². The van der Waals surface area contributed by atoms with Gasteiger partial charge in [-0.15, -0.1) is 0 Å². The monoisotopic (exact) mass is 548 g/mol. The Balaban J connectivity index is 0.000000599. The topological polar surface area (TPSA) is 162 Å². The summed E-state index contributed by atoms with van der Waals surface area (Å²) in [5, 5.41) is 25.5. The minimum absolute atomic E-state index is 0.298. The molecule has 10 heteroatoms. The van der Waals surface area contributed by atoms with Crippen molar-refractivity contribution in [1.82, 2.24) is 0 Å². The van der Waals surface area contributed by atoms with E-state index in [0.717, 1.165) is 17.1 Å². The number of rotatable bonds is 10. The number of primary amides is 2. The number of carbonyl (C=O) groups excluding carboxylic acids is 2. The fourth-order valence-electron chi connectivity index (χ4n) is 2.28. The summed E-state index contributed by atoms with van der Waals surface area (Å²) in [7, 11) is 0. The van der Waals surface area contributed by atoms with Gasteiger partial charge in [0.25, 0.3) is 0 Å². The highest BCUT2D eigenvalue weighted by molar-refractivity contribution is 7.98. The molecular formula is C28H32N6O2S2. The van der Waals surface area contributed by atoms with Crippen LogP contribution in [0.3, 0.4) is 0 Å². The Hall–Kier alpha value is -3.96. The first-order valence-electron chi connectivity index (χ1n) is 11.4. The normalized spacial score (nSPS) is 10.8. The number of thioether (sulfide) groups is 2. The molecule has 2 aromatic rings. The predicted octanol–water partition coefficient (Wildman–Crippen LogP) is 4.69. The van der Waals surface area contributed by atoms with E-state index < -0.39 is 28.7 Å². The van der Waals surface area contributed by atoms with E-state index in [9.17, 15) is 9.59 Å². The summed E-state index contributed by atoms with van der Waals surface area (Å²) in [5.74, 6) is 1.06. The van der Waals surface area contributed by atoms with Crippen molar-refractivity contribution in [2.24, 2.45) is 22.3 Å². The number of nitriles is 3. The third-order valence-electron chi connectivity index (χ3n) is 4.97. The number of nitrogens with two attached hydrogens (primary N) is 2. The second kappa shape index (κ2) is 18.3. The van der Waals surface area contributed by atoms with Crippen molar-refractivity contribution < 1.29 is 9.59 Å². The summed E-state index contributed by atoms with van der Waals surface area (Å²) in [6.07, 6.45) is 0. The van der Waals surface area contributed by atoms with Gasteiger partial charge < -0.3 is 11.5 Å². The molecule has 0 saturated heterocycles. The molecule has 2 aromatic carbocycles. The van der Waals surface area contributed by atoms with Crippen molar-refractivity contribution in [3.63, 3.8) is 0 Å². The standard InChI is InChI=1S/C12H16N2O2S.C12H12N2S.C4H4N2/c1-12(10(13)15,11(14)16)8-17-7-9-5-3-2-4-6-9;1-12(8-13,9-14)10-15-7-11-5-3-2-4-6-11;1-4(3-5)6-2/h2-6H,7-8H2,1H3,(H2,13,15)(H2,14,16);2-6H,7,10H2,1H3;4H,1H3. The van der Waals surface area contributed by atoms with Crippen LogP contribution in [0.2, 0.25) is 0 Å². The molecule has 4 N–H and O–H groups in total. The molecule has 2 amide bonds. The first kappa shape index (κ1) is 34.0. The molecule has 0 aliphatic carbocycles. The lowest BCUT2D eigenvalue weighted by Gasteiger charge is -2.21. The van der Waals surface area contributed by atoms with Crippen LogP contribution in [-0.2, 0) is 21.1 Å². The number of nitrogens with zero attached hydrogens (tertiary/aromatic N) is 4. The maximum atomic E-state index is 11.2. The van der Waals surface area contributed by atoms with Crippen LogP contribution in [0.4, 0.5) is 0 Å². The molecule has 0 aromatic heterocycles. The van der Waals surface area contributed by atoms with Gasteiger partial charge >= 0.3 is 6.04 Å². The molecule has 1 atom stereocenters. The Kier molecular flexibility index (Phi) is 16.4. The van der Waals surface area contributed by atoms with E-state index in [1.165, 1.54) is 24.2 Å². The van der Waals surface area contributed by atoms with Crippen LogP contribution in [0.15, 0.2) is 60.7 Å². The summed E-state index contributed by atoms with van der Waals surface area (Å²) < 4.78 is 0. The minimum Gasteiger partial charge on any atom is -0.369 e. The molecule has 0 radical (unpaired) electrons. The van der Waals surface area contributed by atoms with Crippen LogP contribution in [0, 0.1) is 51.4 Å². The SMILES string of the molecule is CC(C#N)(C#N)CSCc1ccccc1.CC(CSCc1ccccc1)(C(N)=O)C(N)=O.[C-]#[N+]C(C)C#N. The van der Waals surface area contributed by atoms with Crippen molar-refractivity contribution in [3.05, 3.63) is 83.2 Å². The van der Waals surface area contributed by atoms with E-state index in [1.807, 2.05) is 72.8 Å². The highest BCUT2D eigenvalue weighted by Crippen LogP contribution is 2.25. The molecule has 0 aliphatic heterocycles. The zero-order valence-electron chi connectivity index (χ0n) is 21.8. The van der Waals surface area contributed by atoms with Crippen molar-refractivity contribution >= 4 is 35.3 Å². The number of hydrogen-bond donors (Lipinski definition) is 2. The molecule has 0 heterocycles. The van der Waals surface area contributed by atoms with Gasteiger partial charge in [-0.05, 0) is 25.0 Å². The average molecular weight is 549 g/mol. The highest BCUT2D eigenvalue weighted by Gasteiger charge is 2.37. The predicted molar refractivity (Wildman–Crippen MR) is 153 cm³/mol. The number of amides is 2. The lowest BCUT2D eigenvalue weighted by molar-refractivity contribution is -0.137. The van der Waals surface area contributed by atoms with Gasteiger partial charge in [0, 0.05) is 29.9 Å². The van der Waals surface area contributed by atoms with Crippen molar-refractivity contribution in [2.75, 3.05) is 11.5 Å². The third-order valence-corrected chi connectivity index (χ3v) is 7.60. The van der Waals surface area contributed by atoms with Crippen LogP contribution >= 0.6 is 23.5 Å². The second-order valence-corrected chi connectivity index (χ2v) is 10.5. The smallest absolute Gasteiger partial charge is 0.304 e. The van der Waals surface area contributed by atoms with E-state index in [2.05, 4.69) is 4.85 Å². The summed E-state index contributed by atoms with van der Waals surface area (Å²) in [5.41, 5.74) is 10.6. The van der Waals surface area contributed by atoms with Gasteiger partial charge in [0.1, 0.15) is 10.8 Å². The van der Waals surface area contributed by atoms with Gasteiger partial charge in [-0.2, -0.15) is 39.3 Å². The van der Waals surface area contributed by atoms with Gasteiger partial charge in [-0.1, -0.05) is 60.7 Å². The molecule has 0 aliphatic rings. The Morgan fingerprint density at radius 2 is 1.26 bits per heavy atom. The summed E-state index contributed by atoms with van der Waals surface area (Å²) >= 11 is 3.09. The maximum absolute atomic E-state index is 11.2. The van der Waals surface area contributed by atoms with E-state index in [4.69, 9.17) is 33.8 Å². The quantitative estimate of drug-likeness (QED) is 0.321. The van der Waals surface area contributed by atoms with Crippen molar-refractivity contribution in [3.8, 4) is 18.2 Å². The van der Waals surface area contributed by atoms with E-state index >= 15 is 0 Å². The van der Waals surface area contributed by atoms with Crippen LogP contribution < -0.4 is 11.5 Å². The van der Waals surface area contributed by atoms with Crippen molar-refractivity contribution in [2.45, 2.75) is 38.3 Å². The third kappa shape index (κ3) is 13.4. The molecule has 0 fully saturated rings. The Morgan fingerprint density at radius 1 is 0.868 bits per heavy atom. The zero-order chi connectivity index (χ0) is 29.0. The van der Waals surface area contributed by atoms with Gasteiger partial charge in [0.15, 0.2) is 6.07 Å². The molecular weight excluding hydrogens is 516 g/mol.